The second-order valence-electron chi connectivity index (χ2n) is 4.58. The van der Waals surface area contributed by atoms with Gasteiger partial charge in [-0.3, -0.25) is 9.89 Å². The van der Waals surface area contributed by atoms with E-state index in [4.69, 9.17) is 9.84 Å². The monoisotopic (exact) mass is 371 g/mol. The smallest absolute Gasteiger partial charge is 0.274 e. The first kappa shape index (κ1) is 16.6. The van der Waals surface area contributed by atoms with Crippen LogP contribution in [-0.2, 0) is 11.3 Å². The van der Waals surface area contributed by atoms with Crippen LogP contribution < -0.4 is 5.32 Å². The highest BCUT2D eigenvalue weighted by atomic mass is 79.9. The van der Waals surface area contributed by atoms with Crippen LogP contribution in [0.3, 0.4) is 0 Å². The summed E-state index contributed by atoms with van der Waals surface area (Å²) in [6.45, 7) is 1.97. The molecule has 0 aliphatic rings. The number of nitrogens with zero attached hydrogens (tertiary/aromatic N) is 1. The molecule has 2 aromatic rings. The number of aliphatic hydroxyl groups is 1. The average Bonchev–Trinajstić information content (AvgIpc) is 2.93. The zero-order valence-electron chi connectivity index (χ0n) is 11.8. The van der Waals surface area contributed by atoms with E-state index in [2.05, 4.69) is 31.4 Å². The number of hydrogen-bond acceptors (Lipinski definition) is 4. The number of H-pyrrole nitrogens is 1. The molecule has 0 radical (unpaired) electrons. The lowest BCUT2D eigenvalue weighted by Crippen LogP contribution is -2.16. The largest absolute Gasteiger partial charge is 0.394 e. The topological polar surface area (TPSA) is 87.2 Å². The molecule has 1 heterocycles. The molecule has 6 nitrogen and oxygen atoms in total. The molecule has 0 aliphatic heterocycles. The van der Waals surface area contributed by atoms with Gasteiger partial charge in [0.05, 0.1) is 31.7 Å². The van der Waals surface area contributed by atoms with E-state index in [-0.39, 0.29) is 31.2 Å². The highest BCUT2D eigenvalue weighted by Crippen LogP contribution is 2.24. The van der Waals surface area contributed by atoms with Crippen molar-refractivity contribution in [1.82, 2.24) is 10.2 Å². The van der Waals surface area contributed by atoms with Crippen LogP contribution in [-0.4, -0.2) is 34.4 Å². The molecule has 22 heavy (non-hydrogen) atoms. The van der Waals surface area contributed by atoms with Gasteiger partial charge in [-0.25, -0.2) is 4.39 Å². The van der Waals surface area contributed by atoms with E-state index < -0.39 is 11.7 Å². The van der Waals surface area contributed by atoms with Crippen molar-refractivity contribution in [2.45, 2.75) is 13.5 Å². The molecule has 0 fully saturated rings. The number of aromatic nitrogens is 2. The van der Waals surface area contributed by atoms with Crippen LogP contribution in [0.2, 0.25) is 0 Å². The lowest BCUT2D eigenvalue weighted by molar-refractivity contribution is 0.0804. The molecular formula is C14H15BrFN3O3. The Balaban J connectivity index is 2.13. The predicted molar refractivity (Wildman–Crippen MR) is 82.1 cm³/mol. The third-order valence-corrected chi connectivity index (χ3v) is 3.79. The minimum absolute atomic E-state index is 0.0857. The molecule has 1 aromatic heterocycles. The Morgan fingerprint density at radius 3 is 3.05 bits per heavy atom. The van der Waals surface area contributed by atoms with Crippen molar-refractivity contribution < 1.29 is 19.0 Å². The third-order valence-electron chi connectivity index (χ3n) is 2.93. The van der Waals surface area contributed by atoms with Gasteiger partial charge in [-0.15, -0.1) is 0 Å². The maximum atomic E-state index is 13.9. The fraction of sp³-hybridized carbons (Fsp3) is 0.286. The van der Waals surface area contributed by atoms with E-state index in [0.29, 0.717) is 10.0 Å². The first-order valence-corrected chi connectivity index (χ1v) is 7.30. The normalized spacial score (nSPS) is 10.7. The molecule has 0 spiro atoms. The zero-order valence-corrected chi connectivity index (χ0v) is 13.4. The van der Waals surface area contributed by atoms with Crippen molar-refractivity contribution >= 4 is 27.5 Å². The molecule has 0 saturated heterocycles. The van der Waals surface area contributed by atoms with Crippen molar-refractivity contribution in [2.75, 3.05) is 18.5 Å². The van der Waals surface area contributed by atoms with Crippen molar-refractivity contribution in [3.05, 3.63) is 45.4 Å². The van der Waals surface area contributed by atoms with E-state index in [9.17, 15) is 9.18 Å². The molecule has 0 bridgehead atoms. The van der Waals surface area contributed by atoms with Gasteiger partial charge < -0.3 is 15.2 Å². The Bertz CT molecular complexity index is 675. The molecule has 8 heteroatoms. The summed E-state index contributed by atoms with van der Waals surface area (Å²) in [6, 6.07) is 2.83. The molecule has 0 saturated carbocycles. The number of nitrogens with one attached hydrogen (secondary N) is 2. The fourth-order valence-electron chi connectivity index (χ4n) is 1.80. The number of benzene rings is 1. The number of aryl methyl sites for hydroxylation is 1. The van der Waals surface area contributed by atoms with Gasteiger partial charge in [-0.05, 0) is 24.6 Å². The first-order valence-electron chi connectivity index (χ1n) is 6.50. The van der Waals surface area contributed by atoms with Gasteiger partial charge in [-0.2, -0.15) is 5.10 Å². The minimum Gasteiger partial charge on any atom is -0.394 e. The highest BCUT2D eigenvalue weighted by Gasteiger charge is 2.16. The zero-order chi connectivity index (χ0) is 16.1. The summed E-state index contributed by atoms with van der Waals surface area (Å²) >= 11 is 3.23. The summed E-state index contributed by atoms with van der Waals surface area (Å²) in [5.74, 6) is -1.05. The molecule has 0 atom stereocenters. The molecule has 1 amide bonds. The number of aromatic amines is 1. The average molecular weight is 372 g/mol. The SMILES string of the molecule is Cc1cc(NC(=O)c2[nH]ncc2COCCO)c(F)cc1Br. The summed E-state index contributed by atoms with van der Waals surface area (Å²) in [4.78, 5) is 12.2. The number of rotatable bonds is 6. The number of halogens is 2. The van der Waals surface area contributed by atoms with Crippen LogP contribution in [0.4, 0.5) is 10.1 Å². The number of amides is 1. The Morgan fingerprint density at radius 2 is 2.32 bits per heavy atom. The van der Waals surface area contributed by atoms with Gasteiger partial charge >= 0.3 is 0 Å². The molecule has 118 valence electrons. The quantitative estimate of drug-likeness (QED) is 0.680. The Hall–Kier alpha value is -1.77. The number of anilines is 1. The van der Waals surface area contributed by atoms with Crippen molar-refractivity contribution in [2.24, 2.45) is 0 Å². The number of carbonyl (C=O) groups is 1. The summed E-state index contributed by atoms with van der Waals surface area (Å²) in [5.41, 5.74) is 1.61. The van der Waals surface area contributed by atoms with Crippen LogP contribution in [0.15, 0.2) is 22.8 Å². The van der Waals surface area contributed by atoms with Gasteiger partial charge in [0, 0.05) is 10.0 Å². The molecule has 1 aromatic carbocycles. The summed E-state index contributed by atoms with van der Waals surface area (Å²) < 4.78 is 19.6. The second-order valence-corrected chi connectivity index (χ2v) is 5.44. The number of ether oxygens (including phenoxy) is 1. The van der Waals surface area contributed by atoms with E-state index in [1.807, 2.05) is 0 Å². The van der Waals surface area contributed by atoms with Crippen molar-refractivity contribution in [3.8, 4) is 0 Å². The van der Waals surface area contributed by atoms with Gasteiger partial charge in [0.2, 0.25) is 0 Å². The first-order chi connectivity index (χ1) is 10.5. The van der Waals surface area contributed by atoms with E-state index >= 15 is 0 Å². The lowest BCUT2D eigenvalue weighted by Gasteiger charge is -2.09. The van der Waals surface area contributed by atoms with E-state index in [1.54, 1.807) is 6.92 Å². The molecule has 2 rings (SSSR count). The molecule has 0 aliphatic carbocycles. The maximum Gasteiger partial charge on any atom is 0.274 e. The number of carbonyl (C=O) groups excluding carboxylic acids is 1. The van der Waals surface area contributed by atoms with Crippen LogP contribution in [0.5, 0.6) is 0 Å². The van der Waals surface area contributed by atoms with Crippen LogP contribution in [0, 0.1) is 12.7 Å². The van der Waals surface area contributed by atoms with Crippen molar-refractivity contribution in [1.29, 1.82) is 0 Å². The van der Waals surface area contributed by atoms with E-state index in [0.717, 1.165) is 5.56 Å². The molecule has 3 N–H and O–H groups in total. The Kier molecular flexibility index (Phi) is 5.64. The minimum atomic E-state index is -0.538. The van der Waals surface area contributed by atoms with Crippen LogP contribution in [0.1, 0.15) is 21.6 Å². The maximum absolute atomic E-state index is 13.9. The molecule has 0 unspecified atom stereocenters. The van der Waals surface area contributed by atoms with Crippen LogP contribution in [0.25, 0.3) is 0 Å². The van der Waals surface area contributed by atoms with Gasteiger partial charge in [-0.1, -0.05) is 15.9 Å². The Labute approximate surface area is 134 Å². The van der Waals surface area contributed by atoms with Crippen molar-refractivity contribution in [3.63, 3.8) is 0 Å². The number of aliphatic hydroxyl groups excluding tert-OH is 1. The predicted octanol–water partition coefficient (Wildman–Crippen LogP) is 2.38. The second kappa shape index (κ2) is 7.48. The number of hydrogen-bond donors (Lipinski definition) is 3. The molecular weight excluding hydrogens is 357 g/mol. The van der Waals surface area contributed by atoms with Gasteiger partial charge in [0.25, 0.3) is 5.91 Å². The van der Waals surface area contributed by atoms with Gasteiger partial charge in [0.15, 0.2) is 0 Å². The lowest BCUT2D eigenvalue weighted by atomic mass is 10.2. The standard InChI is InChI=1S/C14H15BrFN3O3/c1-8-4-12(11(16)5-10(8)15)18-14(21)13-9(6-17-19-13)7-22-3-2-20/h4-6,20H,2-3,7H2,1H3,(H,17,19)(H,18,21). The van der Waals surface area contributed by atoms with Gasteiger partial charge in [0.1, 0.15) is 11.5 Å². The third kappa shape index (κ3) is 3.90. The summed E-state index contributed by atoms with van der Waals surface area (Å²) in [6.07, 6.45) is 1.45. The summed E-state index contributed by atoms with van der Waals surface area (Å²) in [5, 5.41) is 17.5. The fourth-order valence-corrected chi connectivity index (χ4v) is 2.12. The van der Waals surface area contributed by atoms with Crippen LogP contribution >= 0.6 is 15.9 Å². The Morgan fingerprint density at radius 1 is 1.55 bits per heavy atom. The highest BCUT2D eigenvalue weighted by molar-refractivity contribution is 9.10. The summed E-state index contributed by atoms with van der Waals surface area (Å²) in [7, 11) is 0. The van der Waals surface area contributed by atoms with E-state index in [1.165, 1.54) is 18.3 Å².